The number of anilines is 2. The van der Waals surface area contributed by atoms with Crippen LogP contribution in [0.1, 0.15) is 18.4 Å². The van der Waals surface area contributed by atoms with Crippen molar-refractivity contribution in [1.82, 2.24) is 19.5 Å². The van der Waals surface area contributed by atoms with Crippen molar-refractivity contribution in [3.05, 3.63) is 18.0 Å². The van der Waals surface area contributed by atoms with Gasteiger partial charge in [-0.1, -0.05) is 0 Å². The van der Waals surface area contributed by atoms with Gasteiger partial charge in [0.2, 0.25) is 0 Å². The summed E-state index contributed by atoms with van der Waals surface area (Å²) in [6.45, 7) is 2.11. The van der Waals surface area contributed by atoms with Gasteiger partial charge in [0.05, 0.1) is 18.7 Å². The van der Waals surface area contributed by atoms with Crippen molar-refractivity contribution in [3.8, 4) is 0 Å². The predicted molar refractivity (Wildman–Crippen MR) is 90.2 cm³/mol. The number of fused-ring (bicyclic) bond motifs is 1. The molecule has 146 valence electrons. The lowest BCUT2D eigenvalue weighted by Crippen LogP contribution is -2.50. The fourth-order valence-corrected chi connectivity index (χ4v) is 3.64. The van der Waals surface area contributed by atoms with Crippen LogP contribution in [-0.4, -0.2) is 64.3 Å². The second-order valence-electron chi connectivity index (χ2n) is 6.66. The van der Waals surface area contributed by atoms with Crippen molar-refractivity contribution in [1.29, 1.82) is 0 Å². The van der Waals surface area contributed by atoms with Crippen LogP contribution in [-0.2, 0) is 15.7 Å². The molecule has 1 unspecified atom stereocenters. The molecule has 2 saturated heterocycles. The smallest absolute Gasteiger partial charge is 0.382 e. The molecule has 4 rings (SSSR count). The van der Waals surface area contributed by atoms with E-state index >= 15 is 0 Å². The molecule has 0 aromatic carbocycles. The maximum absolute atomic E-state index is 13.5. The molecule has 0 bridgehead atoms. The summed E-state index contributed by atoms with van der Waals surface area (Å²) in [7, 11) is 0. The third kappa shape index (κ3) is 3.15. The summed E-state index contributed by atoms with van der Waals surface area (Å²) >= 11 is 0. The number of nitrogens with two attached hydrogens (primary N) is 1. The van der Waals surface area contributed by atoms with E-state index in [1.807, 2.05) is 0 Å². The Morgan fingerprint density at radius 1 is 1.26 bits per heavy atom. The Bertz CT molecular complexity index is 862. The number of amides is 1. The number of aromatic nitrogens is 3. The predicted octanol–water partition coefficient (Wildman–Crippen LogP) is 1.16. The molecule has 2 aliphatic rings. The molecule has 1 amide bonds. The number of carbonyl (C=O) groups is 1. The van der Waals surface area contributed by atoms with Crippen molar-refractivity contribution in [2.24, 2.45) is 0 Å². The van der Waals surface area contributed by atoms with E-state index in [1.54, 1.807) is 9.80 Å². The monoisotopic (exact) mass is 384 g/mol. The topological polar surface area (TPSA) is 89.0 Å². The first-order valence-electron chi connectivity index (χ1n) is 8.71. The van der Waals surface area contributed by atoms with Crippen LogP contribution >= 0.6 is 0 Å². The van der Waals surface area contributed by atoms with Gasteiger partial charge in [0.15, 0.2) is 11.9 Å². The van der Waals surface area contributed by atoms with E-state index in [2.05, 4.69) is 10.1 Å². The first kappa shape index (κ1) is 17.8. The standard InChI is InChI=1S/C16H19F3N6O2/c17-16(18,19)10-7-12(25-13(10)14(20)21-9-22-25)24-5-6-27-11(8-24)15(26)23-3-1-2-4-23/h7,9,11H,1-6,8H2,(H2,20,21,22). The van der Waals surface area contributed by atoms with Crippen molar-refractivity contribution in [2.75, 3.05) is 43.4 Å². The summed E-state index contributed by atoms with van der Waals surface area (Å²) in [5.74, 6) is -0.154. The van der Waals surface area contributed by atoms with Crippen molar-refractivity contribution < 1.29 is 22.7 Å². The molecule has 11 heteroatoms. The molecule has 0 spiro atoms. The highest BCUT2D eigenvalue weighted by Crippen LogP contribution is 2.38. The Hall–Kier alpha value is -2.56. The number of hydrogen-bond donors (Lipinski definition) is 1. The minimum absolute atomic E-state index is 0.122. The lowest BCUT2D eigenvalue weighted by atomic mass is 10.2. The Balaban J connectivity index is 1.67. The average molecular weight is 384 g/mol. The van der Waals surface area contributed by atoms with Crippen LogP contribution in [0.5, 0.6) is 0 Å². The Morgan fingerprint density at radius 2 is 2.00 bits per heavy atom. The number of rotatable bonds is 2. The van der Waals surface area contributed by atoms with E-state index < -0.39 is 17.8 Å². The summed E-state index contributed by atoms with van der Waals surface area (Å²) in [4.78, 5) is 19.7. The third-order valence-corrected chi connectivity index (χ3v) is 4.95. The first-order chi connectivity index (χ1) is 12.9. The van der Waals surface area contributed by atoms with Crippen LogP contribution < -0.4 is 10.6 Å². The highest BCUT2D eigenvalue weighted by atomic mass is 19.4. The van der Waals surface area contributed by atoms with Crippen LogP contribution in [0.3, 0.4) is 0 Å². The molecule has 2 aromatic rings. The van der Waals surface area contributed by atoms with Crippen molar-refractivity contribution in [3.63, 3.8) is 0 Å². The highest BCUT2D eigenvalue weighted by molar-refractivity contribution is 5.82. The Kier molecular flexibility index (Phi) is 4.33. The van der Waals surface area contributed by atoms with E-state index in [0.717, 1.165) is 29.8 Å². The Morgan fingerprint density at radius 3 is 2.70 bits per heavy atom. The fourth-order valence-electron chi connectivity index (χ4n) is 3.64. The number of likely N-dealkylation sites (tertiary alicyclic amines) is 1. The van der Waals surface area contributed by atoms with E-state index in [1.165, 1.54) is 0 Å². The molecule has 2 aliphatic heterocycles. The van der Waals surface area contributed by atoms with Gasteiger partial charge in [-0.05, 0) is 18.9 Å². The maximum atomic E-state index is 13.5. The van der Waals surface area contributed by atoms with Crippen molar-refractivity contribution in [2.45, 2.75) is 25.1 Å². The normalized spacial score (nSPS) is 21.2. The van der Waals surface area contributed by atoms with Crippen LogP contribution in [0, 0.1) is 0 Å². The average Bonchev–Trinajstić information content (AvgIpc) is 3.29. The summed E-state index contributed by atoms with van der Waals surface area (Å²) < 4.78 is 47.1. The zero-order valence-electron chi connectivity index (χ0n) is 14.4. The zero-order valence-corrected chi connectivity index (χ0v) is 14.4. The lowest BCUT2D eigenvalue weighted by Gasteiger charge is -2.34. The molecule has 0 radical (unpaired) electrons. The molecule has 2 fully saturated rings. The molecule has 0 saturated carbocycles. The van der Waals surface area contributed by atoms with Crippen LogP contribution in [0.25, 0.3) is 5.52 Å². The fraction of sp³-hybridized carbons (Fsp3) is 0.562. The molecule has 4 heterocycles. The van der Waals surface area contributed by atoms with Crippen LogP contribution in [0.15, 0.2) is 12.4 Å². The van der Waals surface area contributed by atoms with Crippen LogP contribution in [0.2, 0.25) is 0 Å². The van der Waals surface area contributed by atoms with Gasteiger partial charge in [-0.25, -0.2) is 9.50 Å². The van der Waals surface area contributed by atoms with Gasteiger partial charge >= 0.3 is 6.18 Å². The maximum Gasteiger partial charge on any atom is 0.418 e. The van der Waals surface area contributed by atoms with Gasteiger partial charge < -0.3 is 20.3 Å². The molecule has 27 heavy (non-hydrogen) atoms. The number of alkyl halides is 3. The SMILES string of the molecule is Nc1ncnn2c(N3CCOC(C(=O)N4CCCC4)C3)cc(C(F)(F)F)c12. The largest absolute Gasteiger partial charge is 0.418 e. The molecule has 0 aliphatic carbocycles. The summed E-state index contributed by atoms with van der Waals surface area (Å²) in [5.41, 5.74) is 4.50. The molecule has 2 N–H and O–H groups in total. The number of carbonyl (C=O) groups excluding carboxylic acids is 1. The minimum Gasteiger partial charge on any atom is -0.382 e. The van der Waals surface area contributed by atoms with Gasteiger partial charge in [-0.3, -0.25) is 4.79 Å². The summed E-state index contributed by atoms with van der Waals surface area (Å²) in [5, 5.41) is 3.95. The number of ether oxygens (including phenoxy) is 1. The van der Waals surface area contributed by atoms with Gasteiger partial charge in [0, 0.05) is 19.6 Å². The van der Waals surface area contributed by atoms with Gasteiger partial charge in [0.1, 0.15) is 17.7 Å². The van der Waals surface area contributed by atoms with Gasteiger partial charge in [-0.2, -0.15) is 18.3 Å². The van der Waals surface area contributed by atoms with Crippen LogP contribution in [0.4, 0.5) is 24.8 Å². The van der Waals surface area contributed by atoms with E-state index in [4.69, 9.17) is 10.5 Å². The second-order valence-corrected chi connectivity index (χ2v) is 6.66. The first-order valence-corrected chi connectivity index (χ1v) is 8.71. The number of nitrogens with zero attached hydrogens (tertiary/aromatic N) is 5. The summed E-state index contributed by atoms with van der Waals surface area (Å²) in [6, 6.07) is 1.00. The molecule has 1 atom stereocenters. The number of nitrogen functional groups attached to an aromatic ring is 1. The summed E-state index contributed by atoms with van der Waals surface area (Å²) in [6.07, 6.45) is -2.29. The van der Waals surface area contributed by atoms with E-state index in [0.29, 0.717) is 19.6 Å². The molecule has 2 aromatic heterocycles. The van der Waals surface area contributed by atoms with Gasteiger partial charge in [-0.15, -0.1) is 0 Å². The minimum atomic E-state index is -4.60. The van der Waals surface area contributed by atoms with Crippen molar-refractivity contribution >= 4 is 23.1 Å². The van der Waals surface area contributed by atoms with Gasteiger partial charge in [0.25, 0.3) is 5.91 Å². The molecular weight excluding hydrogens is 365 g/mol. The molecular formula is C16H19F3N6O2. The quantitative estimate of drug-likeness (QED) is 0.836. The number of hydrogen-bond acceptors (Lipinski definition) is 6. The zero-order chi connectivity index (χ0) is 19.2. The second kappa shape index (κ2) is 6.55. The Labute approximate surface area is 152 Å². The number of halogens is 3. The third-order valence-electron chi connectivity index (χ3n) is 4.95. The number of morpholine rings is 1. The lowest BCUT2D eigenvalue weighted by molar-refractivity contribution is -0.143. The highest BCUT2D eigenvalue weighted by Gasteiger charge is 2.38. The molecule has 8 nitrogen and oxygen atoms in total. The van der Waals surface area contributed by atoms with E-state index in [9.17, 15) is 18.0 Å². The van der Waals surface area contributed by atoms with E-state index in [-0.39, 0.29) is 36.2 Å².